The van der Waals surface area contributed by atoms with Gasteiger partial charge in [0.1, 0.15) is 5.82 Å². The fourth-order valence-corrected chi connectivity index (χ4v) is 2.21. The van der Waals surface area contributed by atoms with Gasteiger partial charge in [-0.15, -0.1) is 0 Å². The van der Waals surface area contributed by atoms with Crippen molar-refractivity contribution < 1.29 is 4.92 Å². The molecule has 0 N–H and O–H groups in total. The summed E-state index contributed by atoms with van der Waals surface area (Å²) in [6.45, 7) is 2.43. The molecule has 6 heteroatoms. The molecule has 0 aliphatic rings. The number of aryl methyl sites for hydroxylation is 1. The van der Waals surface area contributed by atoms with E-state index in [9.17, 15) is 10.1 Å². The minimum absolute atomic E-state index is 0.0450. The number of aromatic nitrogens is 2. The van der Waals surface area contributed by atoms with E-state index in [2.05, 4.69) is 11.9 Å². The van der Waals surface area contributed by atoms with Crippen LogP contribution in [0.4, 0.5) is 5.69 Å². The number of halogens is 1. The van der Waals surface area contributed by atoms with E-state index in [1.807, 2.05) is 10.8 Å². The van der Waals surface area contributed by atoms with Crippen molar-refractivity contribution in [2.75, 3.05) is 0 Å². The second-order valence-electron chi connectivity index (χ2n) is 4.22. The Morgan fingerprint density at radius 2 is 2.26 bits per heavy atom. The van der Waals surface area contributed by atoms with Gasteiger partial charge in [-0.3, -0.25) is 10.1 Å². The van der Waals surface area contributed by atoms with E-state index < -0.39 is 4.92 Å². The summed E-state index contributed by atoms with van der Waals surface area (Å²) in [6.07, 6.45) is 5.33. The molecule has 5 nitrogen and oxygen atoms in total. The first kappa shape index (κ1) is 13.5. The quantitative estimate of drug-likeness (QED) is 0.622. The largest absolute Gasteiger partial charge is 0.330 e. The second kappa shape index (κ2) is 5.84. The van der Waals surface area contributed by atoms with Crippen LogP contribution >= 0.6 is 11.6 Å². The lowest BCUT2D eigenvalue weighted by atomic mass is 10.1. The summed E-state index contributed by atoms with van der Waals surface area (Å²) < 4.78 is 1.90. The summed E-state index contributed by atoms with van der Waals surface area (Å²) in [5.41, 5.74) is 0.563. The fourth-order valence-electron chi connectivity index (χ4n) is 1.98. The summed E-state index contributed by atoms with van der Waals surface area (Å²) in [5, 5.41) is 11.4. The van der Waals surface area contributed by atoms with E-state index in [1.165, 1.54) is 6.07 Å². The SMILES string of the molecule is CCCc1nccn1Cc1c(Cl)cccc1[N+](=O)[O-]. The fraction of sp³-hybridized carbons (Fsp3) is 0.308. The zero-order valence-corrected chi connectivity index (χ0v) is 11.3. The van der Waals surface area contributed by atoms with Gasteiger partial charge < -0.3 is 4.57 Å². The molecule has 0 bridgehead atoms. The molecule has 1 heterocycles. The number of imidazole rings is 1. The third kappa shape index (κ3) is 2.93. The Labute approximate surface area is 116 Å². The monoisotopic (exact) mass is 279 g/mol. The lowest BCUT2D eigenvalue weighted by Gasteiger charge is -2.09. The van der Waals surface area contributed by atoms with E-state index in [-0.39, 0.29) is 5.69 Å². The maximum Gasteiger partial charge on any atom is 0.275 e. The van der Waals surface area contributed by atoms with Crippen molar-refractivity contribution in [2.45, 2.75) is 26.3 Å². The number of hydrogen-bond donors (Lipinski definition) is 0. The number of nitro groups is 1. The normalized spacial score (nSPS) is 10.6. The molecule has 2 rings (SSSR count). The molecule has 19 heavy (non-hydrogen) atoms. The topological polar surface area (TPSA) is 61.0 Å². The lowest BCUT2D eigenvalue weighted by Crippen LogP contribution is -2.07. The van der Waals surface area contributed by atoms with Gasteiger partial charge in [0.15, 0.2) is 0 Å². The van der Waals surface area contributed by atoms with E-state index in [0.29, 0.717) is 17.1 Å². The van der Waals surface area contributed by atoms with Crippen LogP contribution in [0.5, 0.6) is 0 Å². The average Bonchev–Trinajstić information content (AvgIpc) is 2.79. The smallest absolute Gasteiger partial charge is 0.275 e. The van der Waals surface area contributed by atoms with E-state index in [0.717, 1.165) is 18.7 Å². The molecule has 0 saturated heterocycles. The van der Waals surface area contributed by atoms with Gasteiger partial charge >= 0.3 is 0 Å². The molecule has 100 valence electrons. The van der Waals surface area contributed by atoms with Gasteiger partial charge in [-0.25, -0.2) is 4.98 Å². The highest BCUT2D eigenvalue weighted by Gasteiger charge is 2.17. The standard InChI is InChI=1S/C13H14ClN3O2/c1-2-4-13-15-7-8-16(13)9-10-11(14)5-3-6-12(10)17(18)19/h3,5-8H,2,4,9H2,1H3. The summed E-state index contributed by atoms with van der Waals surface area (Å²) >= 11 is 6.08. The molecule has 0 radical (unpaired) electrons. The Morgan fingerprint density at radius 1 is 1.47 bits per heavy atom. The molecule has 0 amide bonds. The third-order valence-corrected chi connectivity index (χ3v) is 3.25. The number of hydrogen-bond acceptors (Lipinski definition) is 3. The Morgan fingerprint density at radius 3 is 2.95 bits per heavy atom. The van der Waals surface area contributed by atoms with Crippen LogP contribution < -0.4 is 0 Å². The molecule has 0 unspecified atom stereocenters. The second-order valence-corrected chi connectivity index (χ2v) is 4.62. The molecular weight excluding hydrogens is 266 g/mol. The molecule has 0 aliphatic carbocycles. The summed E-state index contributed by atoms with van der Waals surface area (Å²) in [4.78, 5) is 14.9. The summed E-state index contributed by atoms with van der Waals surface area (Å²) in [7, 11) is 0. The zero-order valence-electron chi connectivity index (χ0n) is 10.5. The van der Waals surface area contributed by atoms with Crippen molar-refractivity contribution >= 4 is 17.3 Å². The molecule has 0 spiro atoms. The Balaban J connectivity index is 2.37. The van der Waals surface area contributed by atoms with Gasteiger partial charge in [-0.1, -0.05) is 24.6 Å². The van der Waals surface area contributed by atoms with Gasteiger partial charge in [0.2, 0.25) is 0 Å². The summed E-state index contributed by atoms with van der Waals surface area (Å²) in [5.74, 6) is 0.914. The minimum atomic E-state index is -0.405. The molecule has 1 aromatic heterocycles. The van der Waals surface area contributed by atoms with Crippen molar-refractivity contribution in [3.8, 4) is 0 Å². The Kier molecular flexibility index (Phi) is 4.16. The molecule has 1 aromatic carbocycles. The highest BCUT2D eigenvalue weighted by Crippen LogP contribution is 2.27. The van der Waals surface area contributed by atoms with Crippen LogP contribution in [0.1, 0.15) is 24.7 Å². The Hall–Kier alpha value is -1.88. The summed E-state index contributed by atoms with van der Waals surface area (Å²) in [6, 6.07) is 4.72. The van der Waals surface area contributed by atoms with E-state index in [1.54, 1.807) is 18.3 Å². The van der Waals surface area contributed by atoms with E-state index >= 15 is 0 Å². The first-order chi connectivity index (χ1) is 9.13. The van der Waals surface area contributed by atoms with Gasteiger partial charge in [-0.2, -0.15) is 0 Å². The first-order valence-corrected chi connectivity index (χ1v) is 6.43. The number of benzene rings is 1. The predicted octanol–water partition coefficient (Wildman–Crippen LogP) is 3.45. The van der Waals surface area contributed by atoms with Crippen LogP contribution in [0.2, 0.25) is 5.02 Å². The molecule has 0 fully saturated rings. The third-order valence-electron chi connectivity index (χ3n) is 2.89. The van der Waals surface area contributed by atoms with E-state index in [4.69, 9.17) is 11.6 Å². The molecule has 0 atom stereocenters. The van der Waals surface area contributed by atoms with Crippen LogP contribution in [0.25, 0.3) is 0 Å². The molecule has 0 aliphatic heterocycles. The van der Waals surface area contributed by atoms with Crippen molar-refractivity contribution in [3.05, 3.63) is 57.1 Å². The van der Waals surface area contributed by atoms with Gasteiger partial charge in [0.25, 0.3) is 5.69 Å². The molecule has 2 aromatic rings. The zero-order chi connectivity index (χ0) is 13.8. The van der Waals surface area contributed by atoms with Crippen molar-refractivity contribution in [2.24, 2.45) is 0 Å². The minimum Gasteiger partial charge on any atom is -0.330 e. The van der Waals surface area contributed by atoms with Crippen LogP contribution in [-0.4, -0.2) is 14.5 Å². The Bertz CT molecular complexity index is 595. The van der Waals surface area contributed by atoms with Crippen LogP contribution in [0.15, 0.2) is 30.6 Å². The van der Waals surface area contributed by atoms with Gasteiger partial charge in [0.05, 0.1) is 22.1 Å². The highest BCUT2D eigenvalue weighted by atomic mass is 35.5. The van der Waals surface area contributed by atoms with Gasteiger partial charge in [-0.05, 0) is 12.5 Å². The number of rotatable bonds is 5. The van der Waals surface area contributed by atoms with Crippen molar-refractivity contribution in [1.29, 1.82) is 0 Å². The van der Waals surface area contributed by atoms with Crippen molar-refractivity contribution in [1.82, 2.24) is 9.55 Å². The highest BCUT2D eigenvalue weighted by molar-refractivity contribution is 6.31. The predicted molar refractivity (Wildman–Crippen MR) is 73.4 cm³/mol. The van der Waals surface area contributed by atoms with Crippen LogP contribution in [0.3, 0.4) is 0 Å². The van der Waals surface area contributed by atoms with Gasteiger partial charge in [0, 0.05) is 24.9 Å². The number of nitro benzene ring substituents is 1. The van der Waals surface area contributed by atoms with Crippen LogP contribution in [-0.2, 0) is 13.0 Å². The lowest BCUT2D eigenvalue weighted by molar-refractivity contribution is -0.385. The first-order valence-electron chi connectivity index (χ1n) is 6.05. The molecular formula is C13H14ClN3O2. The average molecular weight is 280 g/mol. The maximum atomic E-state index is 11.0. The van der Waals surface area contributed by atoms with Crippen molar-refractivity contribution in [3.63, 3.8) is 0 Å². The molecule has 0 saturated carbocycles. The van der Waals surface area contributed by atoms with Crippen LogP contribution in [0, 0.1) is 10.1 Å². The number of nitrogens with zero attached hydrogens (tertiary/aromatic N) is 3. The maximum absolute atomic E-state index is 11.0.